The van der Waals surface area contributed by atoms with Crippen LogP contribution in [0.3, 0.4) is 0 Å². The molecule has 1 fully saturated rings. The standard InChI is InChI=1S/C26H34O3/c1-20(2)18-29-25(27)26(17-15-22-8-5-4-6-9-22)16-7-10-24(26)28-19-23-13-11-21(3)12-14-23/h4-6,8-9,11-14,20,24H,7,10,15-19H2,1-3H3. The maximum absolute atomic E-state index is 13.3. The molecule has 29 heavy (non-hydrogen) atoms. The number of carbonyl (C=O) groups excluding carboxylic acids is 1. The summed E-state index contributed by atoms with van der Waals surface area (Å²) in [6.45, 7) is 7.24. The van der Waals surface area contributed by atoms with Gasteiger partial charge in [0, 0.05) is 0 Å². The lowest BCUT2D eigenvalue weighted by molar-refractivity contribution is -0.167. The Hall–Kier alpha value is -2.13. The van der Waals surface area contributed by atoms with E-state index in [9.17, 15) is 4.79 Å². The van der Waals surface area contributed by atoms with E-state index in [0.717, 1.165) is 37.7 Å². The van der Waals surface area contributed by atoms with Gasteiger partial charge in [-0.3, -0.25) is 4.79 Å². The molecule has 2 atom stereocenters. The molecule has 2 aromatic rings. The van der Waals surface area contributed by atoms with Gasteiger partial charge in [-0.1, -0.05) is 74.0 Å². The maximum atomic E-state index is 13.3. The van der Waals surface area contributed by atoms with Crippen LogP contribution in [-0.4, -0.2) is 18.7 Å². The first kappa shape index (κ1) is 21.6. The average Bonchev–Trinajstić information content (AvgIpc) is 3.15. The van der Waals surface area contributed by atoms with Crippen LogP contribution in [0.2, 0.25) is 0 Å². The third-order valence-corrected chi connectivity index (χ3v) is 5.93. The van der Waals surface area contributed by atoms with Crippen molar-refractivity contribution in [3.05, 3.63) is 71.3 Å². The van der Waals surface area contributed by atoms with Crippen LogP contribution < -0.4 is 0 Å². The fourth-order valence-electron chi connectivity index (χ4n) is 4.18. The van der Waals surface area contributed by atoms with E-state index in [-0.39, 0.29) is 12.1 Å². The highest BCUT2D eigenvalue weighted by atomic mass is 16.5. The third kappa shape index (κ3) is 5.70. The summed E-state index contributed by atoms with van der Waals surface area (Å²) in [6, 6.07) is 18.8. The molecule has 2 aromatic carbocycles. The highest BCUT2D eigenvalue weighted by molar-refractivity contribution is 5.78. The van der Waals surface area contributed by atoms with E-state index < -0.39 is 5.41 Å². The predicted octanol–water partition coefficient (Wildman–Crippen LogP) is 5.88. The topological polar surface area (TPSA) is 35.5 Å². The van der Waals surface area contributed by atoms with Gasteiger partial charge in [-0.2, -0.15) is 0 Å². The number of hydrogen-bond acceptors (Lipinski definition) is 3. The van der Waals surface area contributed by atoms with Crippen LogP contribution in [0.25, 0.3) is 0 Å². The molecule has 1 aliphatic rings. The Morgan fingerprint density at radius 3 is 2.48 bits per heavy atom. The Labute approximate surface area is 175 Å². The summed E-state index contributed by atoms with van der Waals surface area (Å²) in [7, 11) is 0. The summed E-state index contributed by atoms with van der Waals surface area (Å²) >= 11 is 0. The van der Waals surface area contributed by atoms with E-state index in [2.05, 4.69) is 69.3 Å². The Morgan fingerprint density at radius 2 is 1.79 bits per heavy atom. The molecule has 2 unspecified atom stereocenters. The van der Waals surface area contributed by atoms with Gasteiger partial charge in [-0.15, -0.1) is 0 Å². The van der Waals surface area contributed by atoms with Gasteiger partial charge in [0.05, 0.1) is 24.7 Å². The van der Waals surface area contributed by atoms with Crippen LogP contribution in [0.15, 0.2) is 54.6 Å². The lowest BCUT2D eigenvalue weighted by Crippen LogP contribution is -2.42. The van der Waals surface area contributed by atoms with E-state index in [1.165, 1.54) is 11.1 Å². The van der Waals surface area contributed by atoms with E-state index in [1.807, 2.05) is 6.07 Å². The number of rotatable bonds is 9. The second kappa shape index (κ2) is 10.1. The van der Waals surface area contributed by atoms with Crippen LogP contribution in [0.5, 0.6) is 0 Å². The van der Waals surface area contributed by atoms with Gasteiger partial charge in [0.15, 0.2) is 0 Å². The zero-order valence-corrected chi connectivity index (χ0v) is 18.0. The quantitative estimate of drug-likeness (QED) is 0.498. The Morgan fingerprint density at radius 1 is 1.07 bits per heavy atom. The monoisotopic (exact) mass is 394 g/mol. The van der Waals surface area contributed by atoms with Gasteiger partial charge >= 0.3 is 5.97 Å². The van der Waals surface area contributed by atoms with Crippen molar-refractivity contribution in [1.82, 2.24) is 0 Å². The van der Waals surface area contributed by atoms with Gasteiger partial charge < -0.3 is 9.47 Å². The predicted molar refractivity (Wildman–Crippen MR) is 117 cm³/mol. The Balaban J connectivity index is 1.73. The average molecular weight is 395 g/mol. The second-order valence-corrected chi connectivity index (χ2v) is 8.81. The van der Waals surface area contributed by atoms with Gasteiger partial charge in [-0.25, -0.2) is 0 Å². The molecule has 0 radical (unpaired) electrons. The molecular weight excluding hydrogens is 360 g/mol. The van der Waals surface area contributed by atoms with E-state index in [1.54, 1.807) is 0 Å². The van der Waals surface area contributed by atoms with Crippen molar-refractivity contribution in [2.45, 2.75) is 65.6 Å². The first-order chi connectivity index (χ1) is 14.0. The van der Waals surface area contributed by atoms with Gasteiger partial charge in [0.1, 0.15) is 0 Å². The number of esters is 1. The maximum Gasteiger partial charge on any atom is 0.314 e. The summed E-state index contributed by atoms with van der Waals surface area (Å²) < 4.78 is 12.1. The molecule has 0 heterocycles. The van der Waals surface area contributed by atoms with Gasteiger partial charge in [0.25, 0.3) is 0 Å². The smallest absolute Gasteiger partial charge is 0.314 e. The molecule has 0 amide bonds. The molecular formula is C26H34O3. The molecule has 0 bridgehead atoms. The number of carbonyl (C=O) groups is 1. The van der Waals surface area contributed by atoms with E-state index >= 15 is 0 Å². The van der Waals surface area contributed by atoms with Crippen LogP contribution >= 0.6 is 0 Å². The van der Waals surface area contributed by atoms with Crippen LogP contribution in [0, 0.1) is 18.3 Å². The normalized spacial score (nSPS) is 21.4. The zero-order chi connectivity index (χ0) is 20.7. The molecule has 3 nitrogen and oxygen atoms in total. The molecule has 3 heteroatoms. The number of ether oxygens (including phenoxy) is 2. The molecule has 0 spiro atoms. The summed E-state index contributed by atoms with van der Waals surface area (Å²) in [4.78, 5) is 13.3. The van der Waals surface area contributed by atoms with Crippen LogP contribution in [0.4, 0.5) is 0 Å². The van der Waals surface area contributed by atoms with E-state index in [4.69, 9.17) is 9.47 Å². The Kier molecular flexibility index (Phi) is 7.49. The van der Waals surface area contributed by atoms with Crippen molar-refractivity contribution < 1.29 is 14.3 Å². The number of aryl methyl sites for hydroxylation is 2. The summed E-state index contributed by atoms with van der Waals surface area (Å²) in [5.74, 6) is 0.256. The van der Waals surface area contributed by atoms with Gasteiger partial charge in [-0.05, 0) is 56.1 Å². The minimum Gasteiger partial charge on any atom is -0.465 e. The highest BCUT2D eigenvalue weighted by Crippen LogP contribution is 2.45. The minimum absolute atomic E-state index is 0.0754. The van der Waals surface area contributed by atoms with Crippen molar-refractivity contribution in [2.75, 3.05) is 6.61 Å². The second-order valence-electron chi connectivity index (χ2n) is 8.81. The molecule has 156 valence electrons. The molecule has 0 N–H and O–H groups in total. The largest absolute Gasteiger partial charge is 0.465 e. The lowest BCUT2D eigenvalue weighted by Gasteiger charge is -2.33. The number of benzene rings is 2. The van der Waals surface area contributed by atoms with Crippen molar-refractivity contribution in [3.8, 4) is 0 Å². The first-order valence-electron chi connectivity index (χ1n) is 10.9. The summed E-state index contributed by atoms with van der Waals surface area (Å²) in [5.41, 5.74) is 3.10. The van der Waals surface area contributed by atoms with Crippen molar-refractivity contribution >= 4 is 5.97 Å². The highest BCUT2D eigenvalue weighted by Gasteiger charge is 2.50. The van der Waals surface area contributed by atoms with Crippen molar-refractivity contribution in [2.24, 2.45) is 11.3 Å². The first-order valence-corrected chi connectivity index (χ1v) is 10.9. The number of hydrogen-bond donors (Lipinski definition) is 0. The van der Waals surface area contributed by atoms with Crippen molar-refractivity contribution in [3.63, 3.8) is 0 Å². The SMILES string of the molecule is Cc1ccc(COC2CCCC2(CCc2ccccc2)C(=O)OCC(C)C)cc1. The Bertz CT molecular complexity index is 766. The zero-order valence-electron chi connectivity index (χ0n) is 18.0. The fraction of sp³-hybridized carbons (Fsp3) is 0.500. The summed E-state index contributed by atoms with van der Waals surface area (Å²) in [5, 5.41) is 0. The summed E-state index contributed by atoms with van der Waals surface area (Å²) in [6.07, 6.45) is 4.30. The third-order valence-electron chi connectivity index (χ3n) is 5.93. The van der Waals surface area contributed by atoms with Crippen LogP contribution in [-0.2, 0) is 27.3 Å². The molecule has 1 aliphatic carbocycles. The lowest BCUT2D eigenvalue weighted by atomic mass is 9.78. The molecule has 0 aromatic heterocycles. The molecule has 0 saturated heterocycles. The molecule has 1 saturated carbocycles. The fourth-order valence-corrected chi connectivity index (χ4v) is 4.18. The minimum atomic E-state index is -0.546. The van der Waals surface area contributed by atoms with Crippen LogP contribution in [0.1, 0.15) is 56.2 Å². The molecule has 3 rings (SSSR count). The molecule has 0 aliphatic heterocycles. The van der Waals surface area contributed by atoms with E-state index in [0.29, 0.717) is 19.1 Å². The van der Waals surface area contributed by atoms with Crippen molar-refractivity contribution in [1.29, 1.82) is 0 Å². The van der Waals surface area contributed by atoms with Gasteiger partial charge in [0.2, 0.25) is 0 Å².